The van der Waals surface area contributed by atoms with Crippen LogP contribution >= 0.6 is 47.2 Å². The summed E-state index contributed by atoms with van der Waals surface area (Å²) in [5.74, 6) is 5.14. The highest BCUT2D eigenvalue weighted by Gasteiger charge is 2.06. The van der Waals surface area contributed by atoms with Crippen molar-refractivity contribution in [1.82, 2.24) is 0 Å². The fraction of sp³-hybridized carbons (Fsp3) is 0. The number of hydrogen-bond donors (Lipinski definition) is 2. The maximum Gasteiger partial charge on any atom is 0.0876 e. The smallest absolute Gasteiger partial charge is 0.0876 e. The van der Waals surface area contributed by atoms with Gasteiger partial charge in [-0.2, -0.15) is 0 Å². The van der Waals surface area contributed by atoms with E-state index in [9.17, 15) is 0 Å². The number of hydrazine groups is 1. The van der Waals surface area contributed by atoms with Crippen LogP contribution in [-0.2, 0) is 0 Å². The largest absolute Gasteiger partial charge is 0.321 e. The van der Waals surface area contributed by atoms with Crippen LogP contribution in [0.3, 0.4) is 0 Å². The van der Waals surface area contributed by atoms with Crippen LogP contribution in [0.5, 0.6) is 0 Å². The minimum Gasteiger partial charge on any atom is -0.321 e. The zero-order chi connectivity index (χ0) is 8.43. The number of nitrogens with one attached hydrogen (secondary N) is 1. The number of nitrogens with two attached hydrogens (primary N) is 1. The van der Waals surface area contributed by atoms with Gasteiger partial charge in [0.15, 0.2) is 0 Å². The summed E-state index contributed by atoms with van der Waals surface area (Å²) in [5.41, 5.74) is 2.80. The molecule has 68 valence electrons. The highest BCUT2D eigenvalue weighted by atomic mass is 35.5. The lowest BCUT2D eigenvalue weighted by Crippen LogP contribution is -2.07. The van der Waals surface area contributed by atoms with Crippen LogP contribution in [-0.4, -0.2) is 0 Å². The fourth-order valence-corrected chi connectivity index (χ4v) is 1.30. The highest BCUT2D eigenvalue weighted by molar-refractivity contribution is 6.46. The second kappa shape index (κ2) is 5.00. The fourth-order valence-electron chi connectivity index (χ4n) is 0.659. The molecule has 0 bridgehead atoms. The van der Waals surface area contributed by atoms with Gasteiger partial charge in [-0.1, -0.05) is 34.8 Å². The molecule has 12 heavy (non-hydrogen) atoms. The molecule has 0 saturated heterocycles. The Balaban J connectivity index is 0.00000121. The van der Waals surface area contributed by atoms with Crippen LogP contribution in [0.1, 0.15) is 0 Å². The molecule has 0 heterocycles. The topological polar surface area (TPSA) is 38.0 Å². The highest BCUT2D eigenvalue weighted by Crippen LogP contribution is 2.34. The molecule has 0 atom stereocenters. The number of hydrogen-bond acceptors (Lipinski definition) is 2. The molecule has 1 aromatic rings. The Bertz CT molecular complexity index is 276. The number of rotatable bonds is 1. The molecule has 0 aliphatic rings. The van der Waals surface area contributed by atoms with Crippen molar-refractivity contribution in [2.75, 3.05) is 5.43 Å². The van der Waals surface area contributed by atoms with E-state index in [1.54, 1.807) is 12.1 Å². The summed E-state index contributed by atoms with van der Waals surface area (Å²) in [6.45, 7) is 0. The van der Waals surface area contributed by atoms with Crippen LogP contribution < -0.4 is 11.3 Å². The Morgan fingerprint density at radius 1 is 1.08 bits per heavy atom. The van der Waals surface area contributed by atoms with Gasteiger partial charge in [-0.15, -0.1) is 12.4 Å². The van der Waals surface area contributed by atoms with Gasteiger partial charge in [0.25, 0.3) is 0 Å². The quantitative estimate of drug-likeness (QED) is 0.454. The van der Waals surface area contributed by atoms with Gasteiger partial charge in [0.2, 0.25) is 0 Å². The number of halogens is 4. The summed E-state index contributed by atoms with van der Waals surface area (Å²) >= 11 is 17.1. The van der Waals surface area contributed by atoms with Crippen molar-refractivity contribution in [3.63, 3.8) is 0 Å². The Morgan fingerprint density at radius 2 is 1.58 bits per heavy atom. The maximum absolute atomic E-state index is 5.74. The van der Waals surface area contributed by atoms with E-state index in [1.165, 1.54) is 0 Å². The van der Waals surface area contributed by atoms with E-state index < -0.39 is 0 Å². The van der Waals surface area contributed by atoms with Crippen molar-refractivity contribution < 1.29 is 0 Å². The van der Waals surface area contributed by atoms with Crippen molar-refractivity contribution in [2.45, 2.75) is 0 Å². The molecule has 3 N–H and O–H groups in total. The zero-order valence-electron chi connectivity index (χ0n) is 5.77. The minimum absolute atomic E-state index is 0. The third-order valence-corrected chi connectivity index (χ3v) is 2.31. The van der Waals surface area contributed by atoms with E-state index in [-0.39, 0.29) is 12.4 Å². The molecular formula is C6H6Cl4N2. The molecule has 1 aromatic carbocycles. The standard InChI is InChI=1S/C6H5Cl3N2.ClH/c7-3-1-2-4(8)6(11-10)5(3)9;/h1-2,11H,10H2;1H. The molecule has 2 nitrogen and oxygen atoms in total. The second-order valence-electron chi connectivity index (χ2n) is 1.86. The van der Waals surface area contributed by atoms with Crippen molar-refractivity contribution in [2.24, 2.45) is 5.84 Å². The first-order valence-electron chi connectivity index (χ1n) is 2.77. The molecule has 0 saturated carbocycles. The monoisotopic (exact) mass is 246 g/mol. The van der Waals surface area contributed by atoms with Gasteiger partial charge in [0.1, 0.15) is 0 Å². The number of anilines is 1. The Kier molecular flexibility index (Phi) is 5.06. The van der Waals surface area contributed by atoms with E-state index in [0.717, 1.165) is 0 Å². The summed E-state index contributed by atoms with van der Waals surface area (Å²) in [7, 11) is 0. The predicted molar refractivity (Wildman–Crippen MR) is 56.5 cm³/mol. The van der Waals surface area contributed by atoms with Crippen molar-refractivity contribution in [3.8, 4) is 0 Å². The maximum atomic E-state index is 5.74. The average molecular weight is 248 g/mol. The molecule has 6 heteroatoms. The van der Waals surface area contributed by atoms with Gasteiger partial charge >= 0.3 is 0 Å². The second-order valence-corrected chi connectivity index (χ2v) is 3.05. The molecule has 0 amide bonds. The summed E-state index contributed by atoms with van der Waals surface area (Å²) in [5, 5.41) is 1.20. The van der Waals surface area contributed by atoms with Crippen molar-refractivity contribution in [1.29, 1.82) is 0 Å². The van der Waals surface area contributed by atoms with Crippen LogP contribution in [0.2, 0.25) is 15.1 Å². The van der Waals surface area contributed by atoms with Crippen LogP contribution in [0.15, 0.2) is 12.1 Å². The lowest BCUT2D eigenvalue weighted by molar-refractivity contribution is 1.35. The van der Waals surface area contributed by atoms with E-state index >= 15 is 0 Å². The normalized spacial score (nSPS) is 9.00. The number of benzene rings is 1. The van der Waals surface area contributed by atoms with Crippen LogP contribution in [0.25, 0.3) is 0 Å². The van der Waals surface area contributed by atoms with Gasteiger partial charge in [0.05, 0.1) is 20.8 Å². The van der Waals surface area contributed by atoms with Gasteiger partial charge in [-0.3, -0.25) is 5.84 Å². The first-order chi connectivity index (χ1) is 5.16. The Morgan fingerprint density at radius 3 is 2.00 bits per heavy atom. The molecular weight excluding hydrogens is 242 g/mol. The SMILES string of the molecule is Cl.NNc1c(Cl)ccc(Cl)c1Cl. The van der Waals surface area contributed by atoms with Crippen molar-refractivity contribution >= 4 is 52.9 Å². The molecule has 0 aliphatic heterocycles. The average Bonchev–Trinajstić information content (AvgIpc) is 1.99. The van der Waals surface area contributed by atoms with E-state index in [2.05, 4.69) is 5.43 Å². The Hall–Kier alpha value is 0.140. The molecule has 1 rings (SSSR count). The Labute approximate surface area is 91.4 Å². The predicted octanol–water partition coefficient (Wildman–Crippen LogP) is 3.35. The van der Waals surface area contributed by atoms with Crippen LogP contribution in [0.4, 0.5) is 5.69 Å². The third-order valence-electron chi connectivity index (χ3n) is 1.19. The summed E-state index contributed by atoms with van der Waals surface area (Å²) in [6.07, 6.45) is 0. The van der Waals surface area contributed by atoms with Gasteiger partial charge in [-0.25, -0.2) is 0 Å². The van der Waals surface area contributed by atoms with Gasteiger partial charge in [0, 0.05) is 0 Å². The summed E-state index contributed by atoms with van der Waals surface area (Å²) in [6, 6.07) is 3.22. The summed E-state index contributed by atoms with van der Waals surface area (Å²) in [4.78, 5) is 0. The first kappa shape index (κ1) is 12.1. The third kappa shape index (κ3) is 2.31. The lowest BCUT2D eigenvalue weighted by atomic mass is 10.3. The number of nitrogen functional groups attached to an aromatic ring is 1. The molecule has 0 spiro atoms. The molecule has 0 aromatic heterocycles. The molecule has 0 unspecified atom stereocenters. The minimum atomic E-state index is 0. The van der Waals surface area contributed by atoms with E-state index in [4.69, 9.17) is 40.6 Å². The zero-order valence-corrected chi connectivity index (χ0v) is 8.86. The molecule has 0 radical (unpaired) electrons. The van der Waals surface area contributed by atoms with Gasteiger partial charge in [-0.05, 0) is 12.1 Å². The summed E-state index contributed by atoms with van der Waals surface area (Å²) < 4.78 is 0. The van der Waals surface area contributed by atoms with Gasteiger partial charge < -0.3 is 5.43 Å². The van der Waals surface area contributed by atoms with Crippen molar-refractivity contribution in [3.05, 3.63) is 27.2 Å². The molecule has 0 aliphatic carbocycles. The lowest BCUT2D eigenvalue weighted by Gasteiger charge is -2.05. The molecule has 0 fully saturated rings. The van der Waals surface area contributed by atoms with Crippen LogP contribution in [0, 0.1) is 0 Å². The first-order valence-corrected chi connectivity index (χ1v) is 3.90. The van der Waals surface area contributed by atoms with E-state index in [1.807, 2.05) is 0 Å². The van der Waals surface area contributed by atoms with E-state index in [0.29, 0.717) is 20.8 Å².